The van der Waals surface area contributed by atoms with Gasteiger partial charge in [-0.2, -0.15) is 0 Å². The van der Waals surface area contributed by atoms with Gasteiger partial charge in [0.1, 0.15) is 6.61 Å². The smallest absolute Gasteiger partial charge is 0.462 e. The zero-order valence-electron chi connectivity index (χ0n) is 24.1. The Morgan fingerprint density at radius 1 is 0.878 bits per heavy atom. The number of hydrogen-bond acceptors (Lipinski definition) is 16. The van der Waals surface area contributed by atoms with Gasteiger partial charge in [0.15, 0.2) is 6.10 Å². The molecule has 20 heteroatoms. The summed E-state index contributed by atoms with van der Waals surface area (Å²) < 4.78 is 82.9. The summed E-state index contributed by atoms with van der Waals surface area (Å²) in [5.41, 5.74) is 0.520. The molecule has 0 aromatic carbocycles. The maximum Gasteiger partial charge on any atom is 0.474 e. The fourth-order valence-electron chi connectivity index (χ4n) is 2.90. The van der Waals surface area contributed by atoms with E-state index in [9.17, 15) is 33.2 Å². The van der Waals surface area contributed by atoms with Gasteiger partial charge in [0.25, 0.3) is 5.08 Å². The molecule has 0 bridgehead atoms. The van der Waals surface area contributed by atoms with Gasteiger partial charge in [0.2, 0.25) is 5.91 Å². The lowest BCUT2D eigenvalue weighted by atomic mass is 10.2. The minimum Gasteiger partial charge on any atom is -0.462 e. The summed E-state index contributed by atoms with van der Waals surface area (Å²) in [4.78, 5) is 36.0. The summed E-state index contributed by atoms with van der Waals surface area (Å²) in [6.07, 6.45) is -2.31. The minimum absolute atomic E-state index is 0.0685. The maximum absolute atomic E-state index is 13.0. The summed E-state index contributed by atoms with van der Waals surface area (Å²) in [6.45, 7) is 5.01. The number of carbonyl (C=O) groups excluding carboxylic acids is 3. The molecule has 0 aliphatic heterocycles. The molecule has 0 saturated carbocycles. The minimum atomic E-state index is -4.64. The molecule has 2 atom stereocenters. The highest BCUT2D eigenvalue weighted by atomic mass is 31.2. The molecular weight excluding hydrogens is 615 g/mol. The summed E-state index contributed by atoms with van der Waals surface area (Å²) in [5, 5.41) is 10.2. The van der Waals surface area contributed by atoms with Gasteiger partial charge in [-0.3, -0.25) is 37.1 Å². The maximum atomic E-state index is 13.0. The van der Waals surface area contributed by atoms with E-state index in [4.69, 9.17) is 41.1 Å². The van der Waals surface area contributed by atoms with Crippen molar-refractivity contribution in [3.05, 3.63) is 12.2 Å². The zero-order valence-corrected chi connectivity index (χ0v) is 26.8. The van der Waals surface area contributed by atoms with Crippen LogP contribution in [0.3, 0.4) is 0 Å². The van der Waals surface area contributed by atoms with Gasteiger partial charge in [-0.25, -0.2) is 4.57 Å². The molecule has 41 heavy (non-hydrogen) atoms. The van der Waals surface area contributed by atoms with Crippen LogP contribution in [0.25, 0.3) is 0 Å². The van der Waals surface area contributed by atoms with Crippen molar-refractivity contribution >= 4 is 40.9 Å². The highest BCUT2D eigenvalue weighted by molar-refractivity contribution is 7.73. The SMILES string of the molecule is C=C(C)CC(=O)OC(COC(=O)CC)COP(=O)(OC)OCCNC(=O)CC(O)(P(=O)(OC)OC)P(=O)(OC)OC. The number of phosphoric acid groups is 1. The first-order valence-corrected chi connectivity index (χ1v) is 16.5. The highest BCUT2D eigenvalue weighted by Gasteiger charge is 2.64. The molecule has 0 fully saturated rings. The number of nitrogens with one attached hydrogen (secondary N) is 1. The van der Waals surface area contributed by atoms with E-state index in [-0.39, 0.29) is 19.4 Å². The first-order chi connectivity index (χ1) is 19.0. The Balaban J connectivity index is 5.28. The molecule has 0 aliphatic carbocycles. The molecule has 0 saturated heterocycles. The third-order valence-corrected chi connectivity index (χ3v) is 11.9. The number of esters is 2. The van der Waals surface area contributed by atoms with E-state index in [1.54, 1.807) is 13.8 Å². The molecule has 2 unspecified atom stereocenters. The number of aliphatic hydroxyl groups is 1. The second-order valence-corrected chi connectivity index (χ2v) is 15.1. The lowest BCUT2D eigenvalue weighted by molar-refractivity contribution is -0.160. The van der Waals surface area contributed by atoms with Crippen molar-refractivity contribution < 1.29 is 74.3 Å². The molecule has 0 aliphatic rings. The number of amides is 1. The van der Waals surface area contributed by atoms with Crippen molar-refractivity contribution in [2.75, 3.05) is 61.9 Å². The molecular formula is C21H40NO16P3. The van der Waals surface area contributed by atoms with Crippen LogP contribution in [0, 0.1) is 0 Å². The molecule has 2 N–H and O–H groups in total. The Morgan fingerprint density at radius 3 is 1.85 bits per heavy atom. The van der Waals surface area contributed by atoms with Crippen molar-refractivity contribution in [2.45, 2.75) is 44.3 Å². The van der Waals surface area contributed by atoms with Gasteiger partial charge < -0.3 is 38.0 Å². The molecule has 0 rings (SSSR count). The van der Waals surface area contributed by atoms with Crippen LogP contribution in [0.5, 0.6) is 0 Å². The van der Waals surface area contributed by atoms with Gasteiger partial charge in [-0.1, -0.05) is 19.1 Å². The molecule has 0 spiro atoms. The van der Waals surface area contributed by atoms with E-state index in [1.165, 1.54) is 0 Å². The summed E-state index contributed by atoms with van der Waals surface area (Å²) in [5.74, 6) is -2.28. The number of phosphoric ester groups is 1. The number of rotatable bonds is 22. The highest BCUT2D eigenvalue weighted by Crippen LogP contribution is 2.76. The largest absolute Gasteiger partial charge is 0.474 e. The first kappa shape index (κ1) is 39.5. The summed E-state index contributed by atoms with van der Waals surface area (Å²) >= 11 is 0. The van der Waals surface area contributed by atoms with E-state index >= 15 is 0 Å². The van der Waals surface area contributed by atoms with E-state index in [2.05, 4.69) is 11.9 Å². The van der Waals surface area contributed by atoms with E-state index < -0.39 is 78.3 Å². The van der Waals surface area contributed by atoms with E-state index in [0.29, 0.717) is 5.57 Å². The van der Waals surface area contributed by atoms with E-state index in [1.807, 2.05) is 0 Å². The molecule has 0 radical (unpaired) electrons. The Hall–Kier alpha value is -1.48. The number of hydrogen-bond donors (Lipinski definition) is 2. The molecule has 1 amide bonds. The van der Waals surface area contributed by atoms with Crippen LogP contribution in [-0.2, 0) is 69.2 Å². The zero-order chi connectivity index (χ0) is 31.9. The lowest BCUT2D eigenvalue weighted by Crippen LogP contribution is -2.39. The van der Waals surface area contributed by atoms with Crippen molar-refractivity contribution in [2.24, 2.45) is 0 Å². The van der Waals surface area contributed by atoms with Gasteiger partial charge in [-0.15, -0.1) is 0 Å². The molecule has 0 heterocycles. The van der Waals surface area contributed by atoms with Crippen molar-refractivity contribution in [3.8, 4) is 0 Å². The van der Waals surface area contributed by atoms with Crippen LogP contribution in [0.2, 0.25) is 0 Å². The van der Waals surface area contributed by atoms with Gasteiger partial charge in [0, 0.05) is 48.5 Å². The second-order valence-electron chi connectivity index (χ2n) is 8.07. The van der Waals surface area contributed by atoms with Crippen molar-refractivity contribution in [1.82, 2.24) is 5.32 Å². The Labute approximate surface area is 239 Å². The van der Waals surface area contributed by atoms with Gasteiger partial charge in [-0.05, 0) is 6.92 Å². The van der Waals surface area contributed by atoms with Crippen LogP contribution in [0.4, 0.5) is 0 Å². The molecule has 0 aromatic rings. The molecule has 17 nitrogen and oxygen atoms in total. The molecule has 0 aromatic heterocycles. The lowest BCUT2D eigenvalue weighted by Gasteiger charge is -2.35. The van der Waals surface area contributed by atoms with Crippen molar-refractivity contribution in [1.29, 1.82) is 0 Å². The Kier molecular flexibility index (Phi) is 17.6. The monoisotopic (exact) mass is 655 g/mol. The third-order valence-electron chi connectivity index (χ3n) is 5.02. The summed E-state index contributed by atoms with van der Waals surface area (Å²) in [7, 11) is -8.93. The fraction of sp³-hybridized carbons (Fsp3) is 0.762. The number of ether oxygens (including phenoxy) is 2. The van der Waals surface area contributed by atoms with Gasteiger partial charge in [0.05, 0.1) is 26.1 Å². The topological polar surface area (TPSA) is 218 Å². The van der Waals surface area contributed by atoms with E-state index in [0.717, 1.165) is 35.5 Å². The van der Waals surface area contributed by atoms with Crippen LogP contribution < -0.4 is 5.32 Å². The predicted molar refractivity (Wildman–Crippen MR) is 143 cm³/mol. The Bertz CT molecular complexity index is 992. The van der Waals surface area contributed by atoms with Crippen LogP contribution >= 0.6 is 23.0 Å². The van der Waals surface area contributed by atoms with Gasteiger partial charge >= 0.3 is 35.0 Å². The van der Waals surface area contributed by atoms with Crippen LogP contribution in [0.15, 0.2) is 12.2 Å². The van der Waals surface area contributed by atoms with Crippen molar-refractivity contribution in [3.63, 3.8) is 0 Å². The second kappa shape index (κ2) is 18.2. The quantitative estimate of drug-likeness (QED) is 0.0741. The van der Waals surface area contributed by atoms with Crippen LogP contribution in [-0.4, -0.2) is 96.1 Å². The normalized spacial score (nSPS) is 14.5. The Morgan fingerprint density at radius 2 is 1.41 bits per heavy atom. The predicted octanol–water partition coefficient (Wildman–Crippen LogP) is 2.73. The molecule has 240 valence electrons. The summed E-state index contributed by atoms with van der Waals surface area (Å²) in [6, 6.07) is 0. The third kappa shape index (κ3) is 12.0. The standard InChI is InChI=1S/C21H40NO16P3/c1-9-19(24)35-14-17(38-20(25)12-16(2)3)15-37-41(29,34-8)36-11-10-22-18(23)13-21(26,39(27,30-4)31-5)40(28,32-6)33-7/h17,26H,2,9-15H2,1,3-8H3,(H,22,23). The average molecular weight is 655 g/mol. The first-order valence-electron chi connectivity index (χ1n) is 11.9. The number of carbonyl (C=O) groups is 3. The van der Waals surface area contributed by atoms with Crippen LogP contribution in [0.1, 0.15) is 33.1 Å². The fourth-order valence-corrected chi connectivity index (χ4v) is 8.17. The average Bonchev–Trinajstić information content (AvgIpc) is 2.94.